The molecule has 0 aliphatic rings. The van der Waals surface area contributed by atoms with Crippen LogP contribution >= 0.6 is 0 Å². The van der Waals surface area contributed by atoms with Gasteiger partial charge in [0.05, 0.1) is 7.11 Å². The molecule has 0 N–H and O–H groups in total. The van der Waals surface area contributed by atoms with E-state index in [1.807, 2.05) is 0 Å². The van der Waals surface area contributed by atoms with Gasteiger partial charge >= 0.3 is 5.97 Å². The van der Waals surface area contributed by atoms with E-state index < -0.39 is 0 Å². The van der Waals surface area contributed by atoms with E-state index in [1.54, 1.807) is 0 Å². The normalized spacial score (nSPS) is 11.0. The minimum Gasteiger partial charge on any atom is -0.469 e. The first-order valence-electron chi connectivity index (χ1n) is 11.9. The first kappa shape index (κ1) is 25.5. The molecular formula is C24H48O2. The molecule has 0 rings (SSSR count). The first-order valence-corrected chi connectivity index (χ1v) is 11.9. The predicted molar refractivity (Wildman–Crippen MR) is 115 cm³/mol. The number of ether oxygens (including phenoxy) is 1. The number of carbonyl (C=O) groups excluding carboxylic acids is 1. The van der Waals surface area contributed by atoms with Gasteiger partial charge in [-0.1, -0.05) is 129 Å². The zero-order valence-corrected chi connectivity index (χ0v) is 18.2. The Balaban J connectivity index is 3.00. The Hall–Kier alpha value is -0.530. The minimum atomic E-state index is -0.0626. The van der Waals surface area contributed by atoms with E-state index in [9.17, 15) is 4.79 Å². The van der Waals surface area contributed by atoms with Gasteiger partial charge in [0.15, 0.2) is 0 Å². The Kier molecular flexibility index (Phi) is 22.1. The predicted octanol–water partition coefficient (Wildman–Crippen LogP) is 8.37. The third kappa shape index (κ3) is 21.5. The molecule has 0 fully saturated rings. The van der Waals surface area contributed by atoms with E-state index in [2.05, 4.69) is 11.7 Å². The molecule has 0 aromatic heterocycles. The molecule has 0 aliphatic heterocycles. The van der Waals surface area contributed by atoms with Crippen molar-refractivity contribution in [1.82, 2.24) is 0 Å². The number of methoxy groups -OCH3 is 1. The van der Waals surface area contributed by atoms with Crippen LogP contribution in [0.4, 0.5) is 0 Å². The molecule has 2 heteroatoms. The van der Waals surface area contributed by atoms with Gasteiger partial charge in [-0.3, -0.25) is 4.79 Å². The van der Waals surface area contributed by atoms with Crippen LogP contribution in [0.5, 0.6) is 0 Å². The smallest absolute Gasteiger partial charge is 0.305 e. The van der Waals surface area contributed by atoms with Gasteiger partial charge in [-0.25, -0.2) is 0 Å². The largest absolute Gasteiger partial charge is 0.469 e. The lowest BCUT2D eigenvalue weighted by molar-refractivity contribution is -0.140. The van der Waals surface area contributed by atoms with Gasteiger partial charge in [0.1, 0.15) is 0 Å². The topological polar surface area (TPSA) is 26.3 Å². The minimum absolute atomic E-state index is 0.0626. The van der Waals surface area contributed by atoms with Crippen LogP contribution in [0.15, 0.2) is 0 Å². The summed E-state index contributed by atoms with van der Waals surface area (Å²) in [5.74, 6) is -0.0626. The maximum Gasteiger partial charge on any atom is 0.305 e. The van der Waals surface area contributed by atoms with E-state index in [4.69, 9.17) is 0 Å². The Morgan fingerprint density at radius 1 is 0.500 bits per heavy atom. The van der Waals surface area contributed by atoms with Gasteiger partial charge in [-0.15, -0.1) is 0 Å². The summed E-state index contributed by atoms with van der Waals surface area (Å²) >= 11 is 0. The Morgan fingerprint density at radius 2 is 0.769 bits per heavy atom. The van der Waals surface area contributed by atoms with Crippen LogP contribution < -0.4 is 0 Å². The van der Waals surface area contributed by atoms with E-state index in [0.29, 0.717) is 6.42 Å². The Bertz CT molecular complexity index is 275. The number of hydrogen-bond acceptors (Lipinski definition) is 2. The lowest BCUT2D eigenvalue weighted by Gasteiger charge is -2.04. The zero-order valence-electron chi connectivity index (χ0n) is 18.2. The van der Waals surface area contributed by atoms with Crippen molar-refractivity contribution >= 4 is 5.97 Å². The van der Waals surface area contributed by atoms with Crippen molar-refractivity contribution in [2.45, 2.75) is 142 Å². The molecule has 0 saturated heterocycles. The van der Waals surface area contributed by atoms with Gasteiger partial charge in [-0.05, 0) is 6.42 Å². The molecule has 0 aromatic rings. The third-order valence-corrected chi connectivity index (χ3v) is 5.46. The van der Waals surface area contributed by atoms with Crippen molar-refractivity contribution in [2.24, 2.45) is 0 Å². The highest BCUT2D eigenvalue weighted by Crippen LogP contribution is 2.15. The Morgan fingerprint density at radius 3 is 1.04 bits per heavy atom. The second kappa shape index (κ2) is 22.5. The first-order chi connectivity index (χ1) is 12.8. The average molecular weight is 369 g/mol. The van der Waals surface area contributed by atoms with Crippen molar-refractivity contribution in [1.29, 1.82) is 0 Å². The number of unbranched alkanes of at least 4 members (excludes halogenated alkanes) is 19. The fourth-order valence-corrected chi connectivity index (χ4v) is 3.63. The molecule has 0 radical (unpaired) electrons. The lowest BCUT2D eigenvalue weighted by atomic mass is 10.0. The summed E-state index contributed by atoms with van der Waals surface area (Å²) in [6, 6.07) is 0. The van der Waals surface area contributed by atoms with Gasteiger partial charge < -0.3 is 4.74 Å². The van der Waals surface area contributed by atoms with Gasteiger partial charge in [0.25, 0.3) is 0 Å². The molecule has 0 saturated carbocycles. The highest BCUT2D eigenvalue weighted by Gasteiger charge is 1.99. The number of carbonyl (C=O) groups is 1. The van der Waals surface area contributed by atoms with Crippen LogP contribution in [0, 0.1) is 0 Å². The molecule has 0 spiro atoms. The third-order valence-electron chi connectivity index (χ3n) is 5.46. The van der Waals surface area contributed by atoms with Crippen molar-refractivity contribution in [3.05, 3.63) is 0 Å². The van der Waals surface area contributed by atoms with Crippen LogP contribution in [0.2, 0.25) is 0 Å². The second-order valence-corrected chi connectivity index (χ2v) is 8.04. The van der Waals surface area contributed by atoms with Crippen molar-refractivity contribution in [2.75, 3.05) is 7.11 Å². The van der Waals surface area contributed by atoms with E-state index >= 15 is 0 Å². The molecule has 26 heavy (non-hydrogen) atoms. The number of hydrogen-bond donors (Lipinski definition) is 0. The van der Waals surface area contributed by atoms with Gasteiger partial charge in [0.2, 0.25) is 0 Å². The van der Waals surface area contributed by atoms with E-state index in [0.717, 1.165) is 6.42 Å². The fourth-order valence-electron chi connectivity index (χ4n) is 3.63. The molecule has 0 heterocycles. The van der Waals surface area contributed by atoms with Crippen LogP contribution in [-0.2, 0) is 9.53 Å². The SMILES string of the molecule is CCCCCCCCCCCCCCCCCCCCCCC(=O)OC. The zero-order chi connectivity index (χ0) is 19.1. The highest BCUT2D eigenvalue weighted by atomic mass is 16.5. The summed E-state index contributed by atoms with van der Waals surface area (Å²) < 4.78 is 4.65. The molecule has 0 aliphatic carbocycles. The molecule has 0 amide bonds. The van der Waals surface area contributed by atoms with Crippen molar-refractivity contribution in [3.63, 3.8) is 0 Å². The van der Waals surface area contributed by atoms with E-state index in [1.165, 1.54) is 129 Å². The lowest BCUT2D eigenvalue weighted by Crippen LogP contribution is -1.99. The molecule has 0 unspecified atom stereocenters. The summed E-state index contributed by atoms with van der Waals surface area (Å²) in [5.41, 5.74) is 0. The van der Waals surface area contributed by atoms with Gasteiger partial charge in [0, 0.05) is 6.42 Å². The monoisotopic (exact) mass is 368 g/mol. The molecule has 2 nitrogen and oxygen atoms in total. The summed E-state index contributed by atoms with van der Waals surface area (Å²) in [6.45, 7) is 2.29. The molecule has 0 aromatic carbocycles. The maximum absolute atomic E-state index is 11.0. The standard InChI is InChI=1S/C24H48O2/c1-3-4-5-6-7-8-9-10-11-12-13-14-15-16-17-18-19-20-21-22-23-24(25)26-2/h3-23H2,1-2H3. The maximum atomic E-state index is 11.0. The Labute approximate surface area is 164 Å². The summed E-state index contributed by atoms with van der Waals surface area (Å²) in [7, 11) is 1.47. The van der Waals surface area contributed by atoms with Crippen LogP contribution in [0.3, 0.4) is 0 Å². The molecule has 156 valence electrons. The summed E-state index contributed by atoms with van der Waals surface area (Å²) in [4.78, 5) is 11.0. The van der Waals surface area contributed by atoms with Crippen molar-refractivity contribution in [3.8, 4) is 0 Å². The number of rotatable bonds is 21. The summed E-state index contributed by atoms with van der Waals surface area (Å²) in [6.07, 6.45) is 28.3. The van der Waals surface area contributed by atoms with Crippen LogP contribution in [0.25, 0.3) is 0 Å². The molecule has 0 bridgehead atoms. The quantitative estimate of drug-likeness (QED) is 0.150. The van der Waals surface area contributed by atoms with E-state index in [-0.39, 0.29) is 5.97 Å². The van der Waals surface area contributed by atoms with Gasteiger partial charge in [-0.2, -0.15) is 0 Å². The summed E-state index contributed by atoms with van der Waals surface area (Å²) in [5, 5.41) is 0. The average Bonchev–Trinajstić information content (AvgIpc) is 2.66. The molecule has 0 atom stereocenters. The van der Waals surface area contributed by atoms with Crippen LogP contribution in [-0.4, -0.2) is 13.1 Å². The number of esters is 1. The fraction of sp³-hybridized carbons (Fsp3) is 0.958. The van der Waals surface area contributed by atoms with Crippen molar-refractivity contribution < 1.29 is 9.53 Å². The molecular weight excluding hydrogens is 320 g/mol. The second-order valence-electron chi connectivity index (χ2n) is 8.04. The highest BCUT2D eigenvalue weighted by molar-refractivity contribution is 5.68. The van der Waals surface area contributed by atoms with Crippen LogP contribution in [0.1, 0.15) is 142 Å².